The first-order valence-electron chi connectivity index (χ1n) is 14.4. The molecule has 0 spiro atoms. The minimum atomic E-state index is -0.0790. The smallest absolute Gasteiger partial charge is 0.217 e. The first-order chi connectivity index (χ1) is 20.7. The van der Waals surface area contributed by atoms with Gasteiger partial charge in [0.1, 0.15) is 11.6 Å². The molecule has 1 atom stereocenters. The van der Waals surface area contributed by atoms with Crippen molar-refractivity contribution in [3.8, 4) is 0 Å². The Hall–Kier alpha value is 63.4. The third-order valence-electron chi connectivity index (χ3n) is 4.67. The van der Waals surface area contributed by atoms with Crippen molar-refractivity contribution in [1.29, 1.82) is 0 Å². The van der Waals surface area contributed by atoms with Crippen LogP contribution in [-0.2, 0) is 2030 Å². The summed E-state index contributed by atoms with van der Waals surface area (Å²) in [6.45, 7) is 16.8. The molecule has 107 heavy (non-hydrogen) atoms. The quantitative estimate of drug-likeness (QED) is 0.0662. The van der Waals surface area contributed by atoms with Crippen LogP contribution in [-0.4, -0.2) is 123 Å². The summed E-state index contributed by atoms with van der Waals surface area (Å²) in [6.07, 6.45) is 2.60. The average Bonchev–Trinajstić information content (AvgIpc) is 2.88. The predicted molar refractivity (Wildman–Crippen MR) is 183 cm³/mol. The molecule has 0 aliphatic carbocycles. The van der Waals surface area contributed by atoms with Crippen molar-refractivity contribution in [1.82, 2.24) is 41.7 Å². The van der Waals surface area contributed by atoms with E-state index in [1.54, 1.807) is 30.3 Å². The number of carbonyl (C=O) groups is 8. The average molecular weight is 6090 g/mol. The van der Waals surface area contributed by atoms with E-state index in [1.807, 2.05) is 6.92 Å². The van der Waals surface area contributed by atoms with Crippen molar-refractivity contribution in [2.24, 2.45) is 0 Å². The van der Waals surface area contributed by atoms with Gasteiger partial charge in [-0.2, -0.15) is 0 Å². The van der Waals surface area contributed by atoms with Crippen LogP contribution in [0.4, 0.5) is 0 Å². The predicted octanol–water partition coefficient (Wildman–Crippen LogP) is -0.509. The fourth-order valence-corrected chi connectivity index (χ4v) is 2.72. The van der Waals surface area contributed by atoms with Gasteiger partial charge in [-0.05, 0) is 34.4 Å². The molecule has 6 N–H and O–H groups in total. The van der Waals surface area contributed by atoms with Crippen LogP contribution in [0.1, 0.15) is 71.6 Å². The Labute approximate surface area is 2190 Å². The largest absolute Gasteiger partial charge is 0.386 e. The van der Waals surface area contributed by atoms with Gasteiger partial charge in [-0.15, -0.1) is 13.1 Å². The molecule has 0 aromatic carbocycles. The van der Waals surface area contributed by atoms with Crippen molar-refractivity contribution in [3.05, 3.63) is 13.8 Å². The molecule has 1 unspecified atom stereocenters. The number of nitrogens with one attached hydrogen (secondary N) is 6. The minimum absolute atomic E-state index is 0. The SMILES string of the molecule is CC(=O)CN(C)CC(C)=O.CC(=O)NCN(C)CNC(C)=O.CC(=O)NC[CH-]CNC(C)=O.CCC(CNC(C)=O)NC(C)=O.[CH3-].[HH].[HH].[Y].[Y].[Y].[Y].[Y].[Y].[Y].[Y].[Y].[Y].[Y].[Y].[Y].[Y].[Y].[Y].[Y].[Y].[Y].[Y].[Y].[Y].[Y].[Y].[Y].[Y].[Y].[Y].[Y].[Y].[Y].[Y].[Y].[Y].[Y].[Y].[Y].[Y].[Y].[Y].[Y].[Y].[Y].[Y].[Y].[Y].[Y].[Y].[Y].[Y].[Y].[Y].[Y].[Y].[Y].[Y].[Y].[Y].[Y].[Y].[Y]. The molecule has 16 nitrogen and oxygen atoms in total. The third kappa shape index (κ3) is 471. The molecule has 0 fully saturated rings. The van der Waals surface area contributed by atoms with Crippen LogP contribution in [0.5, 0.6) is 0 Å². The Balaban J connectivity index is -0.00000000261. The minimum Gasteiger partial charge on any atom is -0.386 e. The first kappa shape index (κ1) is 449. The monoisotopic (exact) mass is 6090 g/mol. The maximum Gasteiger partial charge on any atom is 0.217 e. The van der Waals surface area contributed by atoms with E-state index in [1.165, 1.54) is 55.4 Å². The van der Waals surface area contributed by atoms with E-state index in [0.29, 0.717) is 46.1 Å². The van der Waals surface area contributed by atoms with Crippen LogP contribution in [0.15, 0.2) is 0 Å². The molecule has 0 bridgehead atoms. The number of Topliss-reactive ketones (excluding diaryl/α,β-unsaturated/α-hetero) is 2. The van der Waals surface area contributed by atoms with E-state index >= 15 is 0 Å². The van der Waals surface area contributed by atoms with E-state index in [-0.39, 0.29) is 2060 Å². The Morgan fingerprint density at radius 1 is 0.252 bits per heavy atom. The molecule has 0 aliphatic rings. The number of nitrogens with zero attached hydrogens (tertiary/aromatic N) is 2. The first-order valence-corrected chi connectivity index (χ1v) is 14.4. The summed E-state index contributed by atoms with van der Waals surface area (Å²) in [5, 5.41) is 15.7. The fraction of sp³-hybridized carbons (Fsp3) is 0.667. The fourth-order valence-electron chi connectivity index (χ4n) is 2.72. The zero-order valence-corrected chi connectivity index (χ0v) is 238. The number of amides is 6. The number of rotatable bonds is 16. The maximum atomic E-state index is 10.6. The van der Waals surface area contributed by atoms with E-state index in [4.69, 9.17) is 0 Å². The Morgan fingerprint density at radius 3 is 0.514 bits per heavy atom. The van der Waals surface area contributed by atoms with E-state index in [9.17, 15) is 38.4 Å². The molecular weight excluding hydrogens is 6020 g/mol. The number of carbonyl (C=O) groups excluding carboxylic acids is 8. The molecule has 0 saturated carbocycles. The Morgan fingerprint density at radius 2 is 0.402 bits per heavy atom. The second-order valence-electron chi connectivity index (χ2n) is 10.1. The molecule has 61 radical (unpaired) electrons. The van der Waals surface area contributed by atoms with Crippen LogP contribution in [0, 0.1) is 13.8 Å². The second kappa shape index (κ2) is 387. The molecule has 457 valence electrons. The van der Waals surface area contributed by atoms with E-state index < -0.39 is 0 Å². The topological polar surface area (TPSA) is 215 Å². The van der Waals surface area contributed by atoms with Crippen LogP contribution in [0.2, 0.25) is 0 Å². The van der Waals surface area contributed by atoms with Gasteiger partial charge in [0.25, 0.3) is 0 Å². The summed E-state index contributed by atoms with van der Waals surface area (Å²) in [4.78, 5) is 87.2. The summed E-state index contributed by atoms with van der Waals surface area (Å²) in [6, 6.07) is 0.0476. The summed E-state index contributed by atoms with van der Waals surface area (Å²) >= 11 is 0. The third-order valence-corrected chi connectivity index (χ3v) is 4.67. The van der Waals surface area contributed by atoms with Gasteiger partial charge in [-0.25, -0.2) is 0 Å². The molecule has 0 aromatic heterocycles. The summed E-state index contributed by atoms with van der Waals surface area (Å²) in [7, 11) is 3.55. The van der Waals surface area contributed by atoms with Crippen molar-refractivity contribution in [3.63, 3.8) is 0 Å². The van der Waals surface area contributed by atoms with E-state index in [2.05, 4.69) is 31.9 Å². The van der Waals surface area contributed by atoms with Crippen molar-refractivity contribution in [2.45, 2.75) is 74.8 Å². The molecule has 0 saturated heterocycles. The summed E-state index contributed by atoms with van der Waals surface area (Å²) in [5.41, 5.74) is 0. The van der Waals surface area contributed by atoms with E-state index in [0.717, 1.165) is 6.42 Å². The molecule has 0 heterocycles. The van der Waals surface area contributed by atoms with Crippen molar-refractivity contribution >= 4 is 47.0 Å². The standard InChI is InChI=1S/C8H16N2O2.C7H15N3O2.C7H13N2O2.C7H13NO2.CH3.61Y.2H2/c1-4-8(10-7(3)12)5-9-6(2)11;1-6(11)8-4-10(3)5-9-7(2)12;1-6(10)8-4-3-5-9-7(2)11;1-6(9)4-8(3)5-7(2)10;;;;;;;;;;;;;;;;;;;;;;;;;;;;;;;;;;;;;;;;;;;;;;;;;;;;;;;;;;;;;;;;/h8H,4-5H2,1-3H3,(H,9,11)(H,10,12);4-5H2,1-3H3,(H,8,11)(H,9,12);3H,4-5H2,1-2H3,(H,8,10)(H,9,11);4-5H2,1-3H3;1H3;;;;;;;;;;;;;;;;;;;;;;;;;;;;;;;;;;;;;;;;;;;;;;;;;;;;;;;;;;;;;;2*1H/q;;-1;;-1;;;;;;;;;;;;;;;;;;;;;;;;;;;;;;;;;;;;;;;;;;;;;;;;;;;;;;;;;;;;;;;. The van der Waals surface area contributed by atoms with Gasteiger partial charge in [0, 0.05) is 2050 Å². The van der Waals surface area contributed by atoms with Crippen LogP contribution in [0.25, 0.3) is 0 Å². The van der Waals surface area contributed by atoms with Crippen LogP contribution >= 0.6 is 0 Å². The van der Waals surface area contributed by atoms with Crippen molar-refractivity contribution < 1.29 is 2040 Å². The number of hydrogen-bond donors (Lipinski definition) is 6. The normalized spacial score (nSPS) is 4.27. The maximum absolute atomic E-state index is 10.6. The second-order valence-corrected chi connectivity index (χ2v) is 10.1. The van der Waals surface area contributed by atoms with Gasteiger partial charge in [-0.3, -0.25) is 54.6 Å². The van der Waals surface area contributed by atoms with Gasteiger partial charge in [0.2, 0.25) is 35.4 Å². The zero-order valence-electron chi connectivity index (χ0n) is 65.2. The number of likely N-dealkylation sites (N-methyl/N-ethyl adjacent to an activating group) is 1. The van der Waals surface area contributed by atoms with Gasteiger partial charge in [0.15, 0.2) is 0 Å². The molecule has 0 aromatic rings. The van der Waals surface area contributed by atoms with Crippen LogP contribution in [0.3, 0.4) is 0 Å². The van der Waals surface area contributed by atoms with Crippen LogP contribution < -0.4 is 31.9 Å². The van der Waals surface area contributed by atoms with Gasteiger partial charge in [0.05, 0.1) is 26.4 Å². The van der Waals surface area contributed by atoms with Gasteiger partial charge in [-0.1, -0.05) is 6.92 Å². The molecular formula is C30H64N8O8Y61-2. The number of ketones is 2. The summed E-state index contributed by atoms with van der Waals surface area (Å²) < 4.78 is 0. The summed E-state index contributed by atoms with van der Waals surface area (Å²) in [5.74, 6) is -0.249. The molecule has 6 amide bonds. The molecule has 0 rings (SSSR count). The van der Waals surface area contributed by atoms with Crippen molar-refractivity contribution in [2.75, 3.05) is 60.2 Å². The molecule has 0 aliphatic heterocycles. The Kier molecular flexibility index (Phi) is 1620. The molecule has 77 heteroatoms. The van der Waals surface area contributed by atoms with Gasteiger partial charge < -0.3 is 39.3 Å². The Bertz CT molecular complexity index is 985. The van der Waals surface area contributed by atoms with Gasteiger partial charge >= 0.3 is 0 Å². The zero-order chi connectivity index (χ0) is 36.0. The number of hydrogen-bond acceptors (Lipinski definition) is 10.